The van der Waals surface area contributed by atoms with Crippen LogP contribution in [0.5, 0.6) is 0 Å². The highest BCUT2D eigenvalue weighted by Gasteiger charge is 2.46. The van der Waals surface area contributed by atoms with Crippen molar-refractivity contribution in [1.29, 1.82) is 0 Å². The summed E-state index contributed by atoms with van der Waals surface area (Å²) in [6.07, 6.45) is 4.87. The fourth-order valence-electron chi connectivity index (χ4n) is 2.98. The normalized spacial score (nSPS) is 26.0. The average molecular weight is 212 g/mol. The Morgan fingerprint density at radius 2 is 2.25 bits per heavy atom. The lowest BCUT2D eigenvalue weighted by molar-refractivity contribution is -0.00386. The third-order valence-electron chi connectivity index (χ3n) is 3.76. The lowest BCUT2D eigenvalue weighted by Gasteiger charge is -2.23. The number of aryl methyl sites for hydroxylation is 1. The van der Waals surface area contributed by atoms with Crippen molar-refractivity contribution in [2.75, 3.05) is 0 Å². The Kier molecular flexibility index (Phi) is 1.46. The van der Waals surface area contributed by atoms with Crippen LogP contribution in [-0.4, -0.2) is 9.55 Å². The smallest absolute Gasteiger partial charge is 0.137 e. The monoisotopic (exact) mass is 212 g/mol. The molecule has 3 heterocycles. The number of hydrogen-bond donors (Lipinski definition) is 0. The third-order valence-corrected chi connectivity index (χ3v) is 3.76. The summed E-state index contributed by atoms with van der Waals surface area (Å²) in [6.45, 7) is 1.73. The SMILES string of the molecule is c1ccc2c(c1)COC21CCn2cncc21. The fourth-order valence-corrected chi connectivity index (χ4v) is 2.98. The molecule has 4 rings (SSSR count). The minimum atomic E-state index is -0.215. The minimum Gasteiger partial charge on any atom is -0.359 e. The molecule has 1 aromatic heterocycles. The summed E-state index contributed by atoms with van der Waals surface area (Å²) in [4.78, 5) is 4.22. The number of ether oxygens (including phenoxy) is 1. The van der Waals surface area contributed by atoms with Crippen LogP contribution in [0.1, 0.15) is 23.2 Å². The van der Waals surface area contributed by atoms with E-state index in [-0.39, 0.29) is 5.60 Å². The zero-order chi connectivity index (χ0) is 10.6. The number of rotatable bonds is 0. The minimum absolute atomic E-state index is 0.215. The van der Waals surface area contributed by atoms with Crippen LogP contribution in [0.25, 0.3) is 0 Å². The first-order valence-corrected chi connectivity index (χ1v) is 5.63. The summed E-state index contributed by atoms with van der Waals surface area (Å²) in [5.74, 6) is 0. The van der Waals surface area contributed by atoms with E-state index in [2.05, 4.69) is 33.8 Å². The van der Waals surface area contributed by atoms with Gasteiger partial charge in [0.05, 0.1) is 24.8 Å². The molecule has 16 heavy (non-hydrogen) atoms. The van der Waals surface area contributed by atoms with E-state index < -0.39 is 0 Å². The molecule has 2 aliphatic heterocycles. The second kappa shape index (κ2) is 2.74. The molecular weight excluding hydrogens is 200 g/mol. The first-order valence-electron chi connectivity index (χ1n) is 5.63. The van der Waals surface area contributed by atoms with Crippen LogP contribution in [0.2, 0.25) is 0 Å². The largest absolute Gasteiger partial charge is 0.359 e. The summed E-state index contributed by atoms with van der Waals surface area (Å²) in [7, 11) is 0. The van der Waals surface area contributed by atoms with Crippen molar-refractivity contribution < 1.29 is 4.74 Å². The third kappa shape index (κ3) is 0.854. The number of imidazole rings is 1. The molecule has 2 aromatic rings. The predicted octanol–water partition coefficient (Wildman–Crippen LogP) is 2.06. The van der Waals surface area contributed by atoms with Gasteiger partial charge < -0.3 is 9.30 Å². The van der Waals surface area contributed by atoms with Crippen LogP contribution in [0.3, 0.4) is 0 Å². The van der Waals surface area contributed by atoms with Gasteiger partial charge in [0.25, 0.3) is 0 Å². The van der Waals surface area contributed by atoms with Gasteiger partial charge in [0, 0.05) is 13.0 Å². The molecule has 1 spiro atoms. The summed E-state index contributed by atoms with van der Waals surface area (Å²) < 4.78 is 8.29. The molecule has 0 fully saturated rings. The lowest BCUT2D eigenvalue weighted by Crippen LogP contribution is -2.23. The highest BCUT2D eigenvalue weighted by molar-refractivity contribution is 5.42. The second-order valence-electron chi connectivity index (χ2n) is 4.50. The van der Waals surface area contributed by atoms with Gasteiger partial charge in [-0.15, -0.1) is 0 Å². The molecule has 0 bridgehead atoms. The molecule has 2 aliphatic rings. The van der Waals surface area contributed by atoms with E-state index in [4.69, 9.17) is 4.74 Å². The predicted molar refractivity (Wildman–Crippen MR) is 58.9 cm³/mol. The first kappa shape index (κ1) is 8.53. The molecule has 0 saturated carbocycles. The van der Waals surface area contributed by atoms with Crippen molar-refractivity contribution in [3.8, 4) is 0 Å². The Morgan fingerprint density at radius 1 is 1.31 bits per heavy atom. The Morgan fingerprint density at radius 3 is 3.25 bits per heavy atom. The summed E-state index contributed by atoms with van der Waals surface area (Å²) in [5, 5.41) is 0. The van der Waals surface area contributed by atoms with E-state index in [1.165, 1.54) is 16.8 Å². The van der Waals surface area contributed by atoms with E-state index in [1.807, 2.05) is 12.5 Å². The Bertz CT molecular complexity index is 561. The molecule has 80 valence electrons. The van der Waals surface area contributed by atoms with Gasteiger partial charge in [0.1, 0.15) is 5.60 Å². The van der Waals surface area contributed by atoms with Crippen LogP contribution in [0.4, 0.5) is 0 Å². The van der Waals surface area contributed by atoms with Crippen molar-refractivity contribution in [2.45, 2.75) is 25.2 Å². The van der Waals surface area contributed by atoms with Crippen LogP contribution in [0, 0.1) is 0 Å². The summed E-state index contributed by atoms with van der Waals surface area (Å²) in [5.41, 5.74) is 3.64. The number of nitrogens with zero attached hydrogens (tertiary/aromatic N) is 2. The van der Waals surface area contributed by atoms with E-state index in [1.54, 1.807) is 0 Å². The molecular formula is C13H12N2O. The molecule has 3 heteroatoms. The van der Waals surface area contributed by atoms with Gasteiger partial charge in [-0.3, -0.25) is 0 Å². The zero-order valence-corrected chi connectivity index (χ0v) is 8.89. The van der Waals surface area contributed by atoms with E-state index >= 15 is 0 Å². The number of aromatic nitrogens is 2. The lowest BCUT2D eigenvalue weighted by atomic mass is 9.89. The standard InChI is InChI=1S/C13H12N2O/c1-2-4-11-10(3-1)8-16-13(11)5-6-15-9-14-7-12(13)15/h1-4,7,9H,5-6,8H2. The van der Waals surface area contributed by atoms with Crippen molar-refractivity contribution in [3.05, 3.63) is 53.6 Å². The van der Waals surface area contributed by atoms with Crippen LogP contribution < -0.4 is 0 Å². The van der Waals surface area contributed by atoms with Crippen LogP contribution in [0.15, 0.2) is 36.8 Å². The summed E-state index contributed by atoms with van der Waals surface area (Å²) in [6, 6.07) is 8.51. The van der Waals surface area contributed by atoms with Crippen LogP contribution in [-0.2, 0) is 23.5 Å². The molecule has 0 amide bonds. The molecule has 0 aliphatic carbocycles. The molecule has 1 atom stereocenters. The highest BCUT2D eigenvalue weighted by atomic mass is 16.5. The first-order chi connectivity index (χ1) is 7.90. The van der Waals surface area contributed by atoms with Gasteiger partial charge in [0.2, 0.25) is 0 Å². The summed E-state index contributed by atoms with van der Waals surface area (Å²) >= 11 is 0. The van der Waals surface area contributed by atoms with E-state index in [0.29, 0.717) is 0 Å². The highest BCUT2D eigenvalue weighted by Crippen LogP contribution is 2.47. The van der Waals surface area contributed by atoms with E-state index in [0.717, 1.165) is 19.6 Å². The molecule has 1 unspecified atom stereocenters. The molecule has 0 saturated heterocycles. The Labute approximate surface area is 93.7 Å². The topological polar surface area (TPSA) is 27.1 Å². The second-order valence-corrected chi connectivity index (χ2v) is 4.50. The van der Waals surface area contributed by atoms with Gasteiger partial charge in [-0.1, -0.05) is 24.3 Å². The Balaban J connectivity index is 1.98. The maximum Gasteiger partial charge on any atom is 0.137 e. The quantitative estimate of drug-likeness (QED) is 0.668. The van der Waals surface area contributed by atoms with Gasteiger partial charge >= 0.3 is 0 Å². The van der Waals surface area contributed by atoms with Gasteiger partial charge in [-0.2, -0.15) is 0 Å². The number of hydrogen-bond acceptors (Lipinski definition) is 2. The number of fused-ring (bicyclic) bond motifs is 4. The number of benzene rings is 1. The average Bonchev–Trinajstić information content (AvgIpc) is 2.99. The van der Waals surface area contributed by atoms with Crippen molar-refractivity contribution >= 4 is 0 Å². The van der Waals surface area contributed by atoms with Crippen molar-refractivity contribution in [1.82, 2.24) is 9.55 Å². The van der Waals surface area contributed by atoms with Gasteiger partial charge in [0.15, 0.2) is 0 Å². The molecule has 3 nitrogen and oxygen atoms in total. The van der Waals surface area contributed by atoms with Crippen molar-refractivity contribution in [2.24, 2.45) is 0 Å². The Hall–Kier alpha value is -1.61. The molecule has 1 aromatic carbocycles. The maximum atomic E-state index is 6.10. The van der Waals surface area contributed by atoms with Crippen molar-refractivity contribution in [3.63, 3.8) is 0 Å². The fraction of sp³-hybridized carbons (Fsp3) is 0.308. The molecule has 0 N–H and O–H groups in total. The van der Waals surface area contributed by atoms with E-state index in [9.17, 15) is 0 Å². The zero-order valence-electron chi connectivity index (χ0n) is 8.89. The maximum absolute atomic E-state index is 6.10. The van der Waals surface area contributed by atoms with Gasteiger partial charge in [-0.25, -0.2) is 4.98 Å². The van der Waals surface area contributed by atoms with Crippen LogP contribution >= 0.6 is 0 Å². The van der Waals surface area contributed by atoms with Gasteiger partial charge in [-0.05, 0) is 11.1 Å². The molecule has 0 radical (unpaired) electrons.